The number of nitrogens with one attached hydrogen (secondary N) is 2. The van der Waals surface area contributed by atoms with Crippen molar-refractivity contribution in [3.8, 4) is 0 Å². The topological polar surface area (TPSA) is 92.4 Å². The van der Waals surface area contributed by atoms with E-state index in [1.165, 1.54) is 4.88 Å². The van der Waals surface area contributed by atoms with Crippen molar-refractivity contribution in [3.63, 3.8) is 0 Å². The number of aromatic nitrogens is 1. The fourth-order valence-electron chi connectivity index (χ4n) is 1.99. The standard InChI is InChI=1S/C16H21N5OS/c1-3-13-9-19-14(23-13)10-21-16(18-2)20-8-11-5-4-6-12(7-11)15(17)22/h4-7,9H,3,8,10H2,1-2H3,(H2,17,22)(H2,18,20,21). The fourth-order valence-corrected chi connectivity index (χ4v) is 2.80. The van der Waals surface area contributed by atoms with Gasteiger partial charge in [-0.3, -0.25) is 9.79 Å². The number of nitrogens with two attached hydrogens (primary N) is 1. The van der Waals surface area contributed by atoms with Gasteiger partial charge in [-0.25, -0.2) is 4.98 Å². The highest BCUT2D eigenvalue weighted by atomic mass is 32.1. The average molecular weight is 331 g/mol. The van der Waals surface area contributed by atoms with Gasteiger partial charge in [0.05, 0.1) is 6.54 Å². The van der Waals surface area contributed by atoms with E-state index in [9.17, 15) is 4.79 Å². The van der Waals surface area contributed by atoms with E-state index in [4.69, 9.17) is 5.73 Å². The minimum atomic E-state index is -0.426. The minimum absolute atomic E-state index is 0.426. The summed E-state index contributed by atoms with van der Waals surface area (Å²) in [5.74, 6) is 0.257. The summed E-state index contributed by atoms with van der Waals surface area (Å²) in [6, 6.07) is 7.22. The highest BCUT2D eigenvalue weighted by Gasteiger charge is 2.04. The summed E-state index contributed by atoms with van der Waals surface area (Å²) >= 11 is 1.70. The number of benzene rings is 1. The quantitative estimate of drug-likeness (QED) is 0.554. The van der Waals surface area contributed by atoms with Crippen LogP contribution in [-0.2, 0) is 19.5 Å². The highest BCUT2D eigenvalue weighted by molar-refractivity contribution is 7.11. The van der Waals surface area contributed by atoms with Gasteiger partial charge in [-0.05, 0) is 24.1 Å². The molecule has 0 spiro atoms. The highest BCUT2D eigenvalue weighted by Crippen LogP contribution is 2.12. The molecule has 4 N–H and O–H groups in total. The third kappa shape index (κ3) is 5.07. The number of aryl methyl sites for hydroxylation is 1. The van der Waals surface area contributed by atoms with Crippen LogP contribution in [0.1, 0.15) is 32.7 Å². The lowest BCUT2D eigenvalue weighted by molar-refractivity contribution is 0.1000. The Morgan fingerprint density at radius 1 is 1.35 bits per heavy atom. The van der Waals surface area contributed by atoms with Crippen LogP contribution in [0.15, 0.2) is 35.5 Å². The van der Waals surface area contributed by atoms with Gasteiger partial charge in [0, 0.05) is 30.2 Å². The Bertz CT molecular complexity index is 695. The molecule has 1 heterocycles. The summed E-state index contributed by atoms with van der Waals surface area (Å²) in [5.41, 5.74) is 6.76. The number of carbonyl (C=O) groups is 1. The molecule has 0 saturated carbocycles. The molecule has 0 aliphatic heterocycles. The molecule has 7 heteroatoms. The van der Waals surface area contributed by atoms with Gasteiger partial charge in [0.25, 0.3) is 0 Å². The summed E-state index contributed by atoms with van der Waals surface area (Å²) in [6.45, 7) is 3.30. The predicted molar refractivity (Wildman–Crippen MR) is 93.5 cm³/mol. The summed E-state index contributed by atoms with van der Waals surface area (Å²) in [6.07, 6.45) is 2.91. The molecule has 0 bridgehead atoms. The van der Waals surface area contributed by atoms with E-state index in [-0.39, 0.29) is 0 Å². The molecule has 0 unspecified atom stereocenters. The molecule has 1 aromatic carbocycles. The molecule has 1 aromatic heterocycles. The molecule has 0 radical (unpaired) electrons. The van der Waals surface area contributed by atoms with E-state index < -0.39 is 5.91 Å². The molecule has 0 fully saturated rings. The molecule has 0 aliphatic rings. The van der Waals surface area contributed by atoms with E-state index in [0.29, 0.717) is 24.6 Å². The van der Waals surface area contributed by atoms with Gasteiger partial charge in [0.1, 0.15) is 5.01 Å². The van der Waals surface area contributed by atoms with Crippen molar-refractivity contribution in [2.75, 3.05) is 7.05 Å². The van der Waals surface area contributed by atoms with Crippen LogP contribution < -0.4 is 16.4 Å². The zero-order valence-electron chi connectivity index (χ0n) is 13.3. The molecule has 23 heavy (non-hydrogen) atoms. The number of nitrogens with zero attached hydrogens (tertiary/aromatic N) is 2. The maximum atomic E-state index is 11.2. The van der Waals surface area contributed by atoms with Gasteiger partial charge < -0.3 is 16.4 Å². The Labute approximate surface area is 139 Å². The molecule has 0 aliphatic carbocycles. The molecule has 2 rings (SSSR count). The minimum Gasteiger partial charge on any atom is -0.366 e. The van der Waals surface area contributed by atoms with E-state index in [0.717, 1.165) is 17.0 Å². The van der Waals surface area contributed by atoms with Crippen molar-refractivity contribution < 1.29 is 4.79 Å². The molecule has 0 saturated heterocycles. The lowest BCUT2D eigenvalue weighted by Crippen LogP contribution is -2.36. The molecule has 1 amide bonds. The summed E-state index contributed by atoms with van der Waals surface area (Å²) in [7, 11) is 1.72. The van der Waals surface area contributed by atoms with Crippen molar-refractivity contribution in [2.45, 2.75) is 26.4 Å². The Balaban J connectivity index is 1.87. The molecule has 122 valence electrons. The van der Waals surface area contributed by atoms with E-state index >= 15 is 0 Å². The van der Waals surface area contributed by atoms with Crippen molar-refractivity contribution in [2.24, 2.45) is 10.7 Å². The van der Waals surface area contributed by atoms with E-state index in [1.54, 1.807) is 30.5 Å². The van der Waals surface area contributed by atoms with Crippen molar-refractivity contribution in [1.29, 1.82) is 0 Å². The van der Waals surface area contributed by atoms with Crippen LogP contribution in [0.3, 0.4) is 0 Å². The molecular weight excluding hydrogens is 310 g/mol. The Kier molecular flexibility index (Phi) is 6.10. The van der Waals surface area contributed by atoms with Crippen LogP contribution >= 0.6 is 11.3 Å². The monoisotopic (exact) mass is 331 g/mol. The Morgan fingerprint density at radius 3 is 2.78 bits per heavy atom. The van der Waals surface area contributed by atoms with Gasteiger partial charge in [-0.15, -0.1) is 11.3 Å². The second-order valence-electron chi connectivity index (χ2n) is 4.92. The maximum Gasteiger partial charge on any atom is 0.248 e. The van der Waals surface area contributed by atoms with Crippen LogP contribution in [0.2, 0.25) is 0 Å². The first-order valence-electron chi connectivity index (χ1n) is 7.39. The van der Waals surface area contributed by atoms with Gasteiger partial charge in [0.15, 0.2) is 5.96 Å². The van der Waals surface area contributed by atoms with Crippen LogP contribution in [0.4, 0.5) is 0 Å². The van der Waals surface area contributed by atoms with Crippen LogP contribution in [0, 0.1) is 0 Å². The van der Waals surface area contributed by atoms with Crippen molar-refractivity contribution >= 4 is 23.2 Å². The number of thiazole rings is 1. The Hall–Kier alpha value is -2.41. The summed E-state index contributed by atoms with van der Waals surface area (Å²) < 4.78 is 0. The third-order valence-corrected chi connectivity index (χ3v) is 4.39. The van der Waals surface area contributed by atoms with Crippen LogP contribution in [-0.4, -0.2) is 23.9 Å². The zero-order chi connectivity index (χ0) is 16.7. The summed E-state index contributed by atoms with van der Waals surface area (Å²) in [5, 5.41) is 7.46. The second kappa shape index (κ2) is 8.28. The van der Waals surface area contributed by atoms with Crippen molar-refractivity contribution in [1.82, 2.24) is 15.6 Å². The van der Waals surface area contributed by atoms with Gasteiger partial charge >= 0.3 is 0 Å². The zero-order valence-corrected chi connectivity index (χ0v) is 14.1. The molecule has 2 aromatic rings. The van der Waals surface area contributed by atoms with E-state index in [1.807, 2.05) is 18.3 Å². The first kappa shape index (κ1) is 17.0. The largest absolute Gasteiger partial charge is 0.366 e. The number of hydrogen-bond acceptors (Lipinski definition) is 4. The average Bonchev–Trinajstić information content (AvgIpc) is 3.03. The first-order chi connectivity index (χ1) is 11.1. The first-order valence-corrected chi connectivity index (χ1v) is 8.21. The van der Waals surface area contributed by atoms with Crippen LogP contribution in [0.5, 0.6) is 0 Å². The Morgan fingerprint density at radius 2 is 2.13 bits per heavy atom. The SMILES string of the molecule is CCc1cnc(CNC(=NC)NCc2cccc(C(N)=O)c2)s1. The number of aliphatic imine (C=N–C) groups is 1. The number of primary amides is 1. The lowest BCUT2D eigenvalue weighted by atomic mass is 10.1. The second-order valence-corrected chi connectivity index (χ2v) is 6.12. The lowest BCUT2D eigenvalue weighted by Gasteiger charge is -2.11. The molecule has 6 nitrogen and oxygen atoms in total. The normalized spacial score (nSPS) is 11.3. The maximum absolute atomic E-state index is 11.2. The number of rotatable bonds is 6. The van der Waals surface area contributed by atoms with Gasteiger partial charge in [-0.1, -0.05) is 19.1 Å². The van der Waals surface area contributed by atoms with Crippen molar-refractivity contribution in [3.05, 3.63) is 51.5 Å². The molecule has 0 atom stereocenters. The predicted octanol–water partition coefficient (Wildman–Crippen LogP) is 1.67. The number of carbonyl (C=O) groups excluding carboxylic acids is 1. The smallest absolute Gasteiger partial charge is 0.248 e. The van der Waals surface area contributed by atoms with Gasteiger partial charge in [0.2, 0.25) is 5.91 Å². The molecular formula is C16H21N5OS. The number of hydrogen-bond donors (Lipinski definition) is 3. The number of amides is 1. The van der Waals surface area contributed by atoms with Crippen LogP contribution in [0.25, 0.3) is 0 Å². The third-order valence-electron chi connectivity index (χ3n) is 3.25. The van der Waals surface area contributed by atoms with E-state index in [2.05, 4.69) is 27.5 Å². The number of guanidine groups is 1. The fraction of sp³-hybridized carbons (Fsp3) is 0.312. The summed E-state index contributed by atoms with van der Waals surface area (Å²) in [4.78, 5) is 21.0. The van der Waals surface area contributed by atoms with Gasteiger partial charge in [-0.2, -0.15) is 0 Å².